The van der Waals surface area contributed by atoms with Crippen LogP contribution in [0.2, 0.25) is 0 Å². The van der Waals surface area contributed by atoms with E-state index in [0.29, 0.717) is 12.8 Å². The van der Waals surface area contributed by atoms with E-state index in [1.807, 2.05) is 113 Å². The fourth-order valence-electron chi connectivity index (χ4n) is 4.82. The lowest BCUT2D eigenvalue weighted by Crippen LogP contribution is -2.56. The predicted molar refractivity (Wildman–Crippen MR) is 187 cm³/mol. The lowest BCUT2D eigenvalue weighted by molar-refractivity contribution is -0.146. The van der Waals surface area contributed by atoms with Crippen LogP contribution in [0, 0.1) is 5.41 Å². The number of likely N-dealkylation sites (N-methyl/N-ethyl adjacent to an activating group) is 2. The summed E-state index contributed by atoms with van der Waals surface area (Å²) in [5, 5.41) is 17.8. The van der Waals surface area contributed by atoms with Crippen LogP contribution in [0.1, 0.15) is 44.6 Å². The first-order chi connectivity index (χ1) is 21.8. The highest BCUT2D eigenvalue weighted by atomic mass is 32.1. The van der Waals surface area contributed by atoms with Crippen molar-refractivity contribution in [3.63, 3.8) is 0 Å². The van der Waals surface area contributed by atoms with Crippen molar-refractivity contribution in [1.29, 1.82) is 0 Å². The van der Waals surface area contributed by atoms with Crippen LogP contribution in [0.5, 0.6) is 0 Å². The van der Waals surface area contributed by atoms with Gasteiger partial charge in [-0.1, -0.05) is 80.6 Å². The third kappa shape index (κ3) is 10.6. The van der Waals surface area contributed by atoms with Gasteiger partial charge in [0.2, 0.25) is 17.7 Å². The Bertz CT molecular complexity index is 1440. The topological polar surface area (TPSA) is 102 Å². The molecule has 9 heteroatoms. The summed E-state index contributed by atoms with van der Waals surface area (Å²) in [4.78, 5) is 45.4. The average Bonchev–Trinajstić information content (AvgIpc) is 3.58. The number of hydrogen-bond acceptors (Lipinski definition) is 6. The van der Waals surface area contributed by atoms with Gasteiger partial charge in [-0.15, -0.1) is 11.3 Å². The molecule has 0 saturated carbocycles. The molecule has 3 rings (SSSR count). The van der Waals surface area contributed by atoms with Crippen LogP contribution >= 0.6 is 11.3 Å². The van der Waals surface area contributed by atoms with Crippen molar-refractivity contribution in [3.05, 3.63) is 94.7 Å². The molecule has 2 aromatic carbocycles. The second-order valence-corrected chi connectivity index (χ2v) is 14.3. The predicted octanol–water partition coefficient (Wildman–Crippen LogP) is 4.93. The number of nitrogens with zero attached hydrogens (tertiary/aromatic N) is 2. The van der Waals surface area contributed by atoms with Gasteiger partial charge in [-0.3, -0.25) is 14.4 Å². The van der Waals surface area contributed by atoms with Gasteiger partial charge >= 0.3 is 0 Å². The number of nitrogens with one attached hydrogen (secondary N) is 2. The Balaban J connectivity index is 1.92. The molecular weight excluding hydrogens is 596 g/mol. The third-order valence-electron chi connectivity index (χ3n) is 8.42. The van der Waals surface area contributed by atoms with E-state index in [-0.39, 0.29) is 42.8 Å². The summed E-state index contributed by atoms with van der Waals surface area (Å²) in [5.74, 6) is -0.923. The molecule has 0 radical (unpaired) electrons. The van der Waals surface area contributed by atoms with Crippen molar-refractivity contribution in [2.45, 2.75) is 64.6 Å². The number of rotatable bonds is 16. The maximum Gasteiger partial charge on any atom is 0.246 e. The fourth-order valence-corrected chi connectivity index (χ4v) is 5.56. The van der Waals surface area contributed by atoms with E-state index in [4.69, 9.17) is 0 Å². The number of carbonyl (C=O) groups is 3. The van der Waals surface area contributed by atoms with Crippen LogP contribution in [0.15, 0.2) is 84.3 Å². The van der Waals surface area contributed by atoms with Crippen LogP contribution in [-0.2, 0) is 27.2 Å². The van der Waals surface area contributed by atoms with Gasteiger partial charge in [0.25, 0.3) is 0 Å². The van der Waals surface area contributed by atoms with Crippen molar-refractivity contribution in [2.75, 3.05) is 34.3 Å². The second kappa shape index (κ2) is 16.7. The Labute approximate surface area is 278 Å². The number of thiophene rings is 1. The molecular formula is C37H50N4O4S. The monoisotopic (exact) mass is 646 g/mol. The van der Waals surface area contributed by atoms with Crippen molar-refractivity contribution < 1.29 is 19.5 Å². The van der Waals surface area contributed by atoms with Gasteiger partial charge in [0.05, 0.1) is 0 Å². The van der Waals surface area contributed by atoms with Gasteiger partial charge in [0.1, 0.15) is 12.1 Å². The van der Waals surface area contributed by atoms with E-state index >= 15 is 0 Å². The maximum atomic E-state index is 14.4. The largest absolute Gasteiger partial charge is 0.396 e. The van der Waals surface area contributed by atoms with Crippen molar-refractivity contribution >= 4 is 29.1 Å². The molecule has 248 valence electrons. The Hall–Kier alpha value is -3.79. The van der Waals surface area contributed by atoms with Gasteiger partial charge < -0.3 is 25.5 Å². The number of aliphatic hydroxyl groups excluding tert-OH is 1. The summed E-state index contributed by atoms with van der Waals surface area (Å²) < 4.78 is 0. The van der Waals surface area contributed by atoms with Crippen molar-refractivity contribution in [1.82, 2.24) is 20.4 Å². The van der Waals surface area contributed by atoms with E-state index in [2.05, 4.69) is 10.6 Å². The molecule has 3 amide bonds. The van der Waals surface area contributed by atoms with E-state index in [0.717, 1.165) is 21.6 Å². The molecule has 1 aromatic heterocycles. The lowest BCUT2D eigenvalue weighted by atomic mass is 9.94. The summed E-state index contributed by atoms with van der Waals surface area (Å²) in [5.41, 5.74) is 2.35. The number of amides is 3. The van der Waals surface area contributed by atoms with Crippen molar-refractivity contribution in [3.8, 4) is 11.1 Å². The normalized spacial score (nSPS) is 13.3. The van der Waals surface area contributed by atoms with E-state index in [1.54, 1.807) is 14.1 Å². The first-order valence-corrected chi connectivity index (χ1v) is 16.6. The van der Waals surface area contributed by atoms with Crippen LogP contribution in [0.25, 0.3) is 11.1 Å². The Morgan fingerprint density at radius 1 is 0.870 bits per heavy atom. The minimum absolute atomic E-state index is 0.0886. The standard InChI is InChI=1S/C37H50N4O4S/c1-36(2,26-42)25-39-34(44)31(24-30-15-12-22-46-30)41(7)35(45)32(40(6)33(43)16-11-21-37(3,4)38-5)23-27-17-19-29(20-18-27)28-13-9-8-10-14-28/h8-20,22,31-32,38,42H,21,23-26H2,1-7H3,(H,39,44)/b16-11+/t31-,32-/m1/s1. The van der Waals surface area contributed by atoms with Crippen LogP contribution < -0.4 is 10.6 Å². The van der Waals surface area contributed by atoms with Gasteiger partial charge in [-0.25, -0.2) is 0 Å². The Kier molecular flexibility index (Phi) is 13.3. The summed E-state index contributed by atoms with van der Waals surface area (Å²) in [7, 11) is 5.15. The fraction of sp³-hybridized carbons (Fsp3) is 0.432. The maximum absolute atomic E-state index is 14.4. The molecule has 0 spiro atoms. The highest BCUT2D eigenvalue weighted by Crippen LogP contribution is 2.22. The minimum atomic E-state index is -0.852. The number of benzene rings is 2. The van der Waals surface area contributed by atoms with Crippen molar-refractivity contribution in [2.24, 2.45) is 5.41 Å². The van der Waals surface area contributed by atoms with Gasteiger partial charge in [0, 0.05) is 55.9 Å². The summed E-state index contributed by atoms with van der Waals surface area (Å²) in [6.07, 6.45) is 4.59. The molecule has 3 aromatic rings. The first kappa shape index (κ1) is 36.7. The number of carbonyl (C=O) groups excluding carboxylic acids is 3. The number of aliphatic hydroxyl groups is 1. The summed E-state index contributed by atoms with van der Waals surface area (Å²) in [6.45, 7) is 7.99. The summed E-state index contributed by atoms with van der Waals surface area (Å²) in [6, 6.07) is 20.3. The molecule has 2 atom stereocenters. The highest BCUT2D eigenvalue weighted by molar-refractivity contribution is 7.09. The zero-order valence-corrected chi connectivity index (χ0v) is 29.1. The van der Waals surface area contributed by atoms with Gasteiger partial charge in [-0.05, 0) is 61.5 Å². The molecule has 0 fully saturated rings. The molecule has 0 unspecified atom stereocenters. The highest BCUT2D eigenvalue weighted by Gasteiger charge is 2.35. The minimum Gasteiger partial charge on any atom is -0.396 e. The van der Waals surface area contributed by atoms with Gasteiger partial charge in [0.15, 0.2) is 0 Å². The molecule has 3 N–H and O–H groups in total. The molecule has 0 aliphatic rings. The average molecular weight is 647 g/mol. The molecule has 1 heterocycles. The quantitative estimate of drug-likeness (QED) is 0.192. The van der Waals surface area contributed by atoms with Crippen LogP contribution in [-0.4, -0.2) is 84.5 Å². The zero-order valence-electron chi connectivity index (χ0n) is 28.2. The van der Waals surface area contributed by atoms with Crippen LogP contribution in [0.3, 0.4) is 0 Å². The first-order valence-electron chi connectivity index (χ1n) is 15.7. The molecule has 0 saturated heterocycles. The van der Waals surface area contributed by atoms with E-state index < -0.39 is 17.5 Å². The Morgan fingerprint density at radius 3 is 2.11 bits per heavy atom. The van der Waals surface area contributed by atoms with Crippen LogP contribution in [0.4, 0.5) is 0 Å². The molecule has 46 heavy (non-hydrogen) atoms. The lowest BCUT2D eigenvalue weighted by Gasteiger charge is -2.34. The Morgan fingerprint density at radius 2 is 1.52 bits per heavy atom. The molecule has 0 bridgehead atoms. The molecule has 0 aliphatic carbocycles. The molecule has 0 aliphatic heterocycles. The van der Waals surface area contributed by atoms with E-state index in [9.17, 15) is 19.5 Å². The zero-order chi connectivity index (χ0) is 33.9. The second-order valence-electron chi connectivity index (χ2n) is 13.3. The number of hydrogen-bond donors (Lipinski definition) is 3. The SMILES string of the molecule is CNC(C)(C)C/C=C/C(=O)N(C)[C@H](Cc1ccc(-c2ccccc2)cc1)C(=O)N(C)[C@H](Cc1cccs1)C(=O)NCC(C)(C)CO. The summed E-state index contributed by atoms with van der Waals surface area (Å²) >= 11 is 1.52. The molecule has 8 nitrogen and oxygen atoms in total. The van der Waals surface area contributed by atoms with E-state index in [1.165, 1.54) is 27.2 Å². The van der Waals surface area contributed by atoms with Gasteiger partial charge in [-0.2, -0.15) is 0 Å². The third-order valence-corrected chi connectivity index (χ3v) is 9.32. The smallest absolute Gasteiger partial charge is 0.246 e.